The SMILES string of the molecule is O=S(=O)(Oc1cc(Cl)ccc1-c1nc2ccccc2o1)c1cccc(C(F)(F)F)c1. The third kappa shape index (κ3) is 3.99. The van der Waals surface area contributed by atoms with Crippen LogP contribution in [0.3, 0.4) is 0 Å². The maximum atomic E-state index is 12.9. The van der Waals surface area contributed by atoms with Crippen LogP contribution in [0.5, 0.6) is 5.75 Å². The molecule has 4 rings (SSSR count). The van der Waals surface area contributed by atoms with Crippen molar-refractivity contribution in [3.8, 4) is 17.2 Å². The van der Waals surface area contributed by atoms with Gasteiger partial charge in [-0.25, -0.2) is 4.98 Å². The zero-order chi connectivity index (χ0) is 21.5. The van der Waals surface area contributed by atoms with Gasteiger partial charge in [0.25, 0.3) is 0 Å². The number of alkyl halides is 3. The minimum absolute atomic E-state index is 0.0714. The zero-order valence-electron chi connectivity index (χ0n) is 14.9. The molecule has 0 aliphatic carbocycles. The van der Waals surface area contributed by atoms with Gasteiger partial charge in [0.2, 0.25) is 5.89 Å². The van der Waals surface area contributed by atoms with Crippen LogP contribution in [0.2, 0.25) is 5.02 Å². The fourth-order valence-corrected chi connectivity index (χ4v) is 3.87. The Kier molecular flexibility index (Phi) is 4.95. The maximum absolute atomic E-state index is 12.9. The average molecular weight is 454 g/mol. The molecule has 0 spiro atoms. The Morgan fingerprint density at radius 2 is 1.73 bits per heavy atom. The number of hydrogen-bond acceptors (Lipinski definition) is 5. The number of benzene rings is 3. The summed E-state index contributed by atoms with van der Waals surface area (Å²) in [6.45, 7) is 0. The first-order valence-electron chi connectivity index (χ1n) is 8.41. The molecular formula is C20H11ClF3NO4S. The second-order valence-corrected chi connectivity index (χ2v) is 8.17. The molecule has 0 bridgehead atoms. The Labute approximate surface area is 173 Å². The van der Waals surface area contributed by atoms with Crippen molar-refractivity contribution in [1.29, 1.82) is 0 Å². The number of rotatable bonds is 4. The van der Waals surface area contributed by atoms with Crippen molar-refractivity contribution in [2.24, 2.45) is 0 Å². The van der Waals surface area contributed by atoms with E-state index in [1.807, 2.05) is 0 Å². The Hall–Kier alpha value is -3.04. The summed E-state index contributed by atoms with van der Waals surface area (Å²) in [7, 11) is -4.60. The van der Waals surface area contributed by atoms with Gasteiger partial charge in [0.05, 0.1) is 11.1 Å². The van der Waals surface area contributed by atoms with Gasteiger partial charge in [0.1, 0.15) is 10.4 Å². The lowest BCUT2D eigenvalue weighted by Gasteiger charge is -2.12. The molecule has 0 atom stereocenters. The molecule has 1 aromatic heterocycles. The maximum Gasteiger partial charge on any atom is 0.416 e. The molecule has 0 aliphatic heterocycles. The number of halogens is 4. The highest BCUT2D eigenvalue weighted by Crippen LogP contribution is 2.36. The molecule has 0 saturated heterocycles. The molecule has 5 nitrogen and oxygen atoms in total. The van der Waals surface area contributed by atoms with Crippen LogP contribution in [0, 0.1) is 0 Å². The number of nitrogens with zero attached hydrogens (tertiary/aromatic N) is 1. The normalized spacial score (nSPS) is 12.3. The van der Waals surface area contributed by atoms with E-state index >= 15 is 0 Å². The second-order valence-electron chi connectivity index (χ2n) is 6.19. The van der Waals surface area contributed by atoms with Crippen LogP contribution in [0.25, 0.3) is 22.6 Å². The van der Waals surface area contributed by atoms with Crippen LogP contribution in [0.4, 0.5) is 13.2 Å². The number of hydrogen-bond donors (Lipinski definition) is 0. The van der Waals surface area contributed by atoms with Gasteiger partial charge < -0.3 is 8.60 Å². The number of fused-ring (bicyclic) bond motifs is 1. The molecule has 10 heteroatoms. The van der Waals surface area contributed by atoms with Crippen molar-refractivity contribution in [2.75, 3.05) is 0 Å². The Morgan fingerprint density at radius 1 is 0.967 bits per heavy atom. The molecule has 0 radical (unpaired) electrons. The molecular weight excluding hydrogens is 443 g/mol. The Morgan fingerprint density at radius 3 is 2.47 bits per heavy atom. The van der Waals surface area contributed by atoms with Crippen LogP contribution < -0.4 is 4.18 Å². The zero-order valence-corrected chi connectivity index (χ0v) is 16.4. The monoisotopic (exact) mass is 453 g/mol. The van der Waals surface area contributed by atoms with E-state index in [0.717, 1.165) is 18.2 Å². The summed E-state index contributed by atoms with van der Waals surface area (Å²) in [6, 6.07) is 14.3. The molecule has 0 saturated carbocycles. The minimum Gasteiger partial charge on any atom is -0.436 e. The van der Waals surface area contributed by atoms with Crippen LogP contribution in [0.1, 0.15) is 5.56 Å². The molecule has 0 fully saturated rings. The van der Waals surface area contributed by atoms with Gasteiger partial charge in [-0.1, -0.05) is 29.8 Å². The molecule has 1 heterocycles. The summed E-state index contributed by atoms with van der Waals surface area (Å²) in [5.74, 6) is -0.159. The number of para-hydroxylation sites is 2. The van der Waals surface area contributed by atoms with Gasteiger partial charge in [-0.3, -0.25) is 0 Å². The molecule has 0 unspecified atom stereocenters. The second kappa shape index (κ2) is 7.33. The lowest BCUT2D eigenvalue weighted by Crippen LogP contribution is -2.12. The predicted octanol–water partition coefficient (Wildman–Crippen LogP) is 5.93. The average Bonchev–Trinajstić information content (AvgIpc) is 3.11. The van der Waals surface area contributed by atoms with Crippen molar-refractivity contribution in [3.05, 3.63) is 77.3 Å². The fraction of sp³-hybridized carbons (Fsp3) is 0.0500. The highest BCUT2D eigenvalue weighted by atomic mass is 35.5. The van der Waals surface area contributed by atoms with Gasteiger partial charge in [0, 0.05) is 11.1 Å². The summed E-state index contributed by atoms with van der Waals surface area (Å²) in [5.41, 5.74) is 0.0619. The molecule has 4 aromatic rings. The van der Waals surface area contributed by atoms with Crippen molar-refractivity contribution in [2.45, 2.75) is 11.1 Å². The highest BCUT2D eigenvalue weighted by molar-refractivity contribution is 7.87. The van der Waals surface area contributed by atoms with Crippen LogP contribution in [0.15, 0.2) is 76.0 Å². The standard InChI is InChI=1S/C20H11ClF3NO4S/c21-13-8-9-15(19-25-16-6-1-2-7-17(16)28-19)18(11-13)29-30(26,27)14-5-3-4-12(10-14)20(22,23)24/h1-11H. The van der Waals surface area contributed by atoms with E-state index in [1.165, 1.54) is 18.2 Å². The molecule has 154 valence electrons. The van der Waals surface area contributed by atoms with Crippen molar-refractivity contribution in [3.63, 3.8) is 0 Å². The Bertz CT molecular complexity index is 1320. The van der Waals surface area contributed by atoms with E-state index in [4.69, 9.17) is 20.2 Å². The van der Waals surface area contributed by atoms with Gasteiger partial charge in [0.15, 0.2) is 11.3 Å². The van der Waals surface area contributed by atoms with Gasteiger partial charge in [-0.2, -0.15) is 21.6 Å². The van der Waals surface area contributed by atoms with Crippen molar-refractivity contribution in [1.82, 2.24) is 4.98 Å². The summed E-state index contributed by atoms with van der Waals surface area (Å²) in [6.07, 6.45) is -4.70. The highest BCUT2D eigenvalue weighted by Gasteiger charge is 2.32. The first-order chi connectivity index (χ1) is 14.1. The first-order valence-corrected chi connectivity index (χ1v) is 10.2. The van der Waals surface area contributed by atoms with Crippen molar-refractivity contribution >= 4 is 32.8 Å². The van der Waals surface area contributed by atoms with E-state index in [0.29, 0.717) is 17.2 Å². The van der Waals surface area contributed by atoms with Crippen molar-refractivity contribution < 1.29 is 30.2 Å². The third-order valence-corrected chi connectivity index (χ3v) is 5.58. The van der Waals surface area contributed by atoms with E-state index < -0.39 is 26.8 Å². The first kappa shape index (κ1) is 20.2. The molecule has 30 heavy (non-hydrogen) atoms. The van der Waals surface area contributed by atoms with Crippen LogP contribution >= 0.6 is 11.6 Å². The molecule has 0 N–H and O–H groups in total. The lowest BCUT2D eigenvalue weighted by molar-refractivity contribution is -0.137. The van der Waals surface area contributed by atoms with E-state index in [1.54, 1.807) is 24.3 Å². The Balaban J connectivity index is 1.77. The van der Waals surface area contributed by atoms with E-state index in [9.17, 15) is 21.6 Å². The minimum atomic E-state index is -4.70. The quantitative estimate of drug-likeness (QED) is 0.358. The largest absolute Gasteiger partial charge is 0.436 e. The fourth-order valence-electron chi connectivity index (χ4n) is 2.72. The topological polar surface area (TPSA) is 69.4 Å². The van der Waals surface area contributed by atoms with E-state index in [-0.39, 0.29) is 22.2 Å². The van der Waals surface area contributed by atoms with Gasteiger partial charge in [-0.15, -0.1) is 0 Å². The molecule has 3 aromatic carbocycles. The summed E-state index contributed by atoms with van der Waals surface area (Å²) in [4.78, 5) is 3.64. The molecule has 0 amide bonds. The summed E-state index contributed by atoms with van der Waals surface area (Å²) >= 11 is 5.97. The predicted molar refractivity (Wildman–Crippen MR) is 104 cm³/mol. The summed E-state index contributed by atoms with van der Waals surface area (Å²) < 4.78 is 75.0. The molecule has 0 aliphatic rings. The lowest BCUT2D eigenvalue weighted by atomic mass is 10.2. The number of oxazole rings is 1. The number of aromatic nitrogens is 1. The van der Waals surface area contributed by atoms with E-state index in [2.05, 4.69) is 4.98 Å². The third-order valence-electron chi connectivity index (χ3n) is 4.12. The van der Waals surface area contributed by atoms with Gasteiger partial charge in [-0.05, 0) is 42.5 Å². The van der Waals surface area contributed by atoms with Crippen LogP contribution in [-0.2, 0) is 16.3 Å². The van der Waals surface area contributed by atoms with Gasteiger partial charge >= 0.3 is 16.3 Å². The smallest absolute Gasteiger partial charge is 0.416 e. The van der Waals surface area contributed by atoms with Crippen LogP contribution in [-0.4, -0.2) is 13.4 Å². The summed E-state index contributed by atoms with van der Waals surface area (Å²) in [5, 5.41) is 0.157.